The fourth-order valence-corrected chi connectivity index (χ4v) is 3.16. The van der Waals surface area contributed by atoms with Crippen LogP contribution in [0.3, 0.4) is 0 Å². The standard InChI is InChI=1S/C21H29F3N4O.HI/c1-16(2)19(28-10-12-29-13-11-28)15-27-20(25-3)26-9-5-7-17-6-4-8-18(14-17)21(22,23)24;/h4,6,8,14,16,19H,9-13,15H2,1-3H3,(H2,25,26,27);1H. The molecule has 1 heterocycles. The Hall–Kier alpha value is -1.51. The highest BCUT2D eigenvalue weighted by Crippen LogP contribution is 2.29. The predicted molar refractivity (Wildman–Crippen MR) is 124 cm³/mol. The number of benzene rings is 1. The van der Waals surface area contributed by atoms with Crippen LogP contribution < -0.4 is 10.6 Å². The largest absolute Gasteiger partial charge is 0.416 e. The van der Waals surface area contributed by atoms with E-state index in [1.807, 2.05) is 0 Å². The van der Waals surface area contributed by atoms with E-state index in [1.54, 1.807) is 13.1 Å². The highest BCUT2D eigenvalue weighted by Gasteiger charge is 2.30. The number of alkyl halides is 3. The number of aliphatic imine (C=N–C) groups is 1. The first-order valence-electron chi connectivity index (χ1n) is 9.73. The van der Waals surface area contributed by atoms with Crippen molar-refractivity contribution in [2.24, 2.45) is 10.9 Å². The van der Waals surface area contributed by atoms with Gasteiger partial charge in [0.1, 0.15) is 0 Å². The van der Waals surface area contributed by atoms with E-state index in [2.05, 4.69) is 46.2 Å². The molecule has 1 aliphatic rings. The molecule has 1 aromatic carbocycles. The Morgan fingerprint density at radius 1 is 1.23 bits per heavy atom. The molecule has 0 bridgehead atoms. The Morgan fingerprint density at radius 2 is 1.93 bits per heavy atom. The molecule has 30 heavy (non-hydrogen) atoms. The van der Waals surface area contributed by atoms with Crippen molar-refractivity contribution in [3.63, 3.8) is 0 Å². The molecule has 1 saturated heterocycles. The second kappa shape index (κ2) is 13.0. The normalized spacial score (nSPS) is 16.3. The van der Waals surface area contributed by atoms with Gasteiger partial charge in [-0.25, -0.2) is 0 Å². The van der Waals surface area contributed by atoms with Gasteiger partial charge in [0, 0.05) is 38.3 Å². The van der Waals surface area contributed by atoms with Crippen LogP contribution in [0.5, 0.6) is 0 Å². The molecule has 5 nitrogen and oxygen atoms in total. The molecule has 1 aromatic rings. The molecule has 0 aromatic heterocycles. The minimum atomic E-state index is -4.37. The molecule has 0 aliphatic carbocycles. The molecule has 168 valence electrons. The molecule has 1 aliphatic heterocycles. The van der Waals surface area contributed by atoms with Crippen LogP contribution in [-0.4, -0.2) is 63.3 Å². The molecule has 0 radical (unpaired) electrons. The minimum Gasteiger partial charge on any atom is -0.379 e. The average molecular weight is 538 g/mol. The van der Waals surface area contributed by atoms with Gasteiger partial charge in [-0.1, -0.05) is 31.8 Å². The molecule has 0 amide bonds. The van der Waals surface area contributed by atoms with E-state index in [0.29, 0.717) is 23.5 Å². The topological polar surface area (TPSA) is 48.9 Å². The average Bonchev–Trinajstić information content (AvgIpc) is 2.70. The fraction of sp³-hybridized carbons (Fsp3) is 0.571. The lowest BCUT2D eigenvalue weighted by Gasteiger charge is -2.37. The van der Waals surface area contributed by atoms with Gasteiger partial charge >= 0.3 is 6.18 Å². The Balaban J connectivity index is 0.00000450. The van der Waals surface area contributed by atoms with E-state index < -0.39 is 11.7 Å². The number of morpholine rings is 1. The number of hydrogen-bond donors (Lipinski definition) is 2. The molecule has 0 spiro atoms. The summed E-state index contributed by atoms with van der Waals surface area (Å²) in [6, 6.07) is 5.36. The number of halogens is 4. The van der Waals surface area contributed by atoms with Crippen molar-refractivity contribution in [3.05, 3.63) is 35.4 Å². The number of hydrogen-bond acceptors (Lipinski definition) is 3. The first-order chi connectivity index (χ1) is 13.8. The maximum atomic E-state index is 12.8. The predicted octanol–water partition coefficient (Wildman–Crippen LogP) is 3.20. The van der Waals surface area contributed by atoms with Crippen molar-refractivity contribution in [1.29, 1.82) is 0 Å². The summed E-state index contributed by atoms with van der Waals surface area (Å²) in [7, 11) is 1.68. The van der Waals surface area contributed by atoms with Gasteiger partial charge in [0.25, 0.3) is 0 Å². The third kappa shape index (κ3) is 8.70. The summed E-state index contributed by atoms with van der Waals surface area (Å²) in [5.41, 5.74) is -0.366. The second-order valence-electron chi connectivity index (χ2n) is 7.15. The lowest BCUT2D eigenvalue weighted by Crippen LogP contribution is -2.52. The van der Waals surface area contributed by atoms with Gasteiger partial charge in [-0.2, -0.15) is 13.2 Å². The summed E-state index contributed by atoms with van der Waals surface area (Å²) in [6.07, 6.45) is -4.37. The van der Waals surface area contributed by atoms with Crippen molar-refractivity contribution >= 4 is 29.9 Å². The van der Waals surface area contributed by atoms with Gasteiger partial charge < -0.3 is 15.4 Å². The zero-order chi connectivity index (χ0) is 21.3. The number of ether oxygens (including phenoxy) is 1. The lowest BCUT2D eigenvalue weighted by atomic mass is 10.0. The monoisotopic (exact) mass is 538 g/mol. The van der Waals surface area contributed by atoms with Gasteiger partial charge in [0.05, 0.1) is 25.3 Å². The van der Waals surface area contributed by atoms with Gasteiger partial charge in [-0.15, -0.1) is 24.0 Å². The van der Waals surface area contributed by atoms with Crippen molar-refractivity contribution in [1.82, 2.24) is 15.5 Å². The number of nitrogens with zero attached hydrogens (tertiary/aromatic N) is 2. The van der Waals surface area contributed by atoms with Crippen molar-refractivity contribution in [3.8, 4) is 11.8 Å². The molecule has 9 heteroatoms. The number of nitrogens with one attached hydrogen (secondary N) is 2. The smallest absolute Gasteiger partial charge is 0.379 e. The van der Waals surface area contributed by atoms with E-state index in [0.717, 1.165) is 45.0 Å². The highest BCUT2D eigenvalue weighted by atomic mass is 127. The Labute approximate surface area is 193 Å². The molecule has 1 atom stereocenters. The molecule has 1 fully saturated rings. The molecule has 0 saturated carbocycles. The molecule has 2 rings (SSSR count). The van der Waals surface area contributed by atoms with Crippen LogP contribution in [0.15, 0.2) is 29.3 Å². The first-order valence-corrected chi connectivity index (χ1v) is 9.73. The zero-order valence-electron chi connectivity index (χ0n) is 17.6. The van der Waals surface area contributed by atoms with Crippen LogP contribution in [0.25, 0.3) is 0 Å². The fourth-order valence-electron chi connectivity index (χ4n) is 3.16. The quantitative estimate of drug-likeness (QED) is 0.262. The second-order valence-corrected chi connectivity index (χ2v) is 7.15. The maximum absolute atomic E-state index is 12.8. The zero-order valence-corrected chi connectivity index (χ0v) is 19.9. The summed E-state index contributed by atoms with van der Waals surface area (Å²) >= 11 is 0. The van der Waals surface area contributed by atoms with Crippen molar-refractivity contribution in [2.75, 3.05) is 46.4 Å². The van der Waals surface area contributed by atoms with Crippen LogP contribution in [0.1, 0.15) is 25.0 Å². The summed E-state index contributed by atoms with van der Waals surface area (Å²) in [5.74, 6) is 6.68. The number of rotatable bonds is 5. The molecular weight excluding hydrogens is 508 g/mol. The highest BCUT2D eigenvalue weighted by molar-refractivity contribution is 14.0. The first kappa shape index (κ1) is 26.5. The molecular formula is C21H30F3IN4O. The molecule has 2 N–H and O–H groups in total. The van der Waals surface area contributed by atoms with Crippen LogP contribution in [0.2, 0.25) is 0 Å². The Kier molecular flexibility index (Phi) is 11.5. The summed E-state index contributed by atoms with van der Waals surface area (Å²) in [5, 5.41) is 6.40. The lowest BCUT2D eigenvalue weighted by molar-refractivity contribution is -0.137. The van der Waals surface area contributed by atoms with Gasteiger partial charge in [0.2, 0.25) is 0 Å². The van der Waals surface area contributed by atoms with E-state index in [1.165, 1.54) is 6.07 Å². The van der Waals surface area contributed by atoms with Gasteiger partial charge in [-0.05, 0) is 24.1 Å². The van der Waals surface area contributed by atoms with Crippen LogP contribution in [0.4, 0.5) is 13.2 Å². The molecule has 1 unspecified atom stereocenters. The summed E-state index contributed by atoms with van der Waals surface area (Å²) in [6.45, 7) is 8.73. The van der Waals surface area contributed by atoms with Crippen molar-refractivity contribution in [2.45, 2.75) is 26.1 Å². The van der Waals surface area contributed by atoms with Crippen LogP contribution in [-0.2, 0) is 10.9 Å². The minimum absolute atomic E-state index is 0. The number of guanidine groups is 1. The van der Waals surface area contributed by atoms with Gasteiger partial charge in [0.15, 0.2) is 5.96 Å². The third-order valence-corrected chi connectivity index (χ3v) is 4.75. The Bertz CT molecular complexity index is 738. The third-order valence-electron chi connectivity index (χ3n) is 4.75. The SMILES string of the molecule is CN=C(NCC#Cc1cccc(C(F)(F)F)c1)NCC(C(C)C)N1CCOCC1.I. The van der Waals surface area contributed by atoms with E-state index in [4.69, 9.17) is 4.74 Å². The maximum Gasteiger partial charge on any atom is 0.416 e. The van der Waals surface area contributed by atoms with Crippen LogP contribution >= 0.6 is 24.0 Å². The van der Waals surface area contributed by atoms with E-state index in [9.17, 15) is 13.2 Å². The van der Waals surface area contributed by atoms with Crippen LogP contribution in [0, 0.1) is 17.8 Å². The summed E-state index contributed by atoms with van der Waals surface area (Å²) < 4.78 is 43.7. The summed E-state index contributed by atoms with van der Waals surface area (Å²) in [4.78, 5) is 6.61. The van der Waals surface area contributed by atoms with E-state index >= 15 is 0 Å². The Morgan fingerprint density at radius 3 is 2.53 bits per heavy atom. The van der Waals surface area contributed by atoms with Crippen molar-refractivity contribution < 1.29 is 17.9 Å². The van der Waals surface area contributed by atoms with Gasteiger partial charge in [-0.3, -0.25) is 9.89 Å². The van der Waals surface area contributed by atoms with E-state index in [-0.39, 0.29) is 30.5 Å².